The molecule has 4 rings (SSSR count). The lowest BCUT2D eigenvalue weighted by molar-refractivity contribution is 0.0832. The summed E-state index contributed by atoms with van der Waals surface area (Å²) in [6.07, 6.45) is 1.69. The summed E-state index contributed by atoms with van der Waals surface area (Å²) >= 11 is 1.47. The lowest BCUT2D eigenvalue weighted by atomic mass is 10.1. The van der Waals surface area contributed by atoms with E-state index in [9.17, 15) is 4.79 Å². The Labute approximate surface area is 169 Å². The summed E-state index contributed by atoms with van der Waals surface area (Å²) in [5.74, 6) is 1.68. The van der Waals surface area contributed by atoms with E-state index in [4.69, 9.17) is 9.47 Å². The molecule has 7 nitrogen and oxygen atoms in total. The summed E-state index contributed by atoms with van der Waals surface area (Å²) in [7, 11) is 3.53. The first-order valence-corrected chi connectivity index (χ1v) is 10.4. The summed E-state index contributed by atoms with van der Waals surface area (Å²) in [6, 6.07) is 6.55. The van der Waals surface area contributed by atoms with Gasteiger partial charge in [0.05, 0.1) is 6.20 Å². The molecule has 1 aromatic carbocycles. The first-order valence-electron chi connectivity index (χ1n) is 9.59. The van der Waals surface area contributed by atoms with Crippen molar-refractivity contribution >= 4 is 22.4 Å². The highest BCUT2D eigenvalue weighted by molar-refractivity contribution is 7.17. The van der Waals surface area contributed by atoms with Crippen LogP contribution >= 0.6 is 11.3 Å². The molecular weight excluding hydrogens is 376 g/mol. The second-order valence-corrected chi connectivity index (χ2v) is 8.32. The highest BCUT2D eigenvalue weighted by atomic mass is 32.1. The number of hydrogen-bond acceptors (Lipinski definition) is 7. The number of fused-ring (bicyclic) bond motifs is 1. The van der Waals surface area contributed by atoms with Gasteiger partial charge in [0.25, 0.3) is 5.91 Å². The predicted octanol–water partition coefficient (Wildman–Crippen LogP) is 2.50. The van der Waals surface area contributed by atoms with Crippen LogP contribution in [-0.2, 0) is 0 Å². The van der Waals surface area contributed by atoms with Crippen LogP contribution in [0.1, 0.15) is 28.2 Å². The van der Waals surface area contributed by atoms with E-state index in [1.54, 1.807) is 25.2 Å². The Balaban J connectivity index is 1.38. The van der Waals surface area contributed by atoms with Crippen LogP contribution in [0.5, 0.6) is 11.5 Å². The molecule has 28 heavy (non-hydrogen) atoms. The largest absolute Gasteiger partial charge is 0.486 e. The minimum atomic E-state index is 0.00890. The van der Waals surface area contributed by atoms with Crippen molar-refractivity contribution in [1.82, 2.24) is 14.8 Å². The van der Waals surface area contributed by atoms with Crippen molar-refractivity contribution in [3.63, 3.8) is 0 Å². The number of ether oxygens (including phenoxy) is 2. The third-order valence-corrected chi connectivity index (χ3v) is 6.34. The Morgan fingerprint density at radius 3 is 2.57 bits per heavy atom. The lowest BCUT2D eigenvalue weighted by Crippen LogP contribution is -2.47. The van der Waals surface area contributed by atoms with Gasteiger partial charge in [-0.15, -0.1) is 0 Å². The van der Waals surface area contributed by atoms with E-state index in [2.05, 4.69) is 33.8 Å². The fourth-order valence-corrected chi connectivity index (χ4v) is 4.55. The fraction of sp³-hybridized carbons (Fsp3) is 0.500. The van der Waals surface area contributed by atoms with E-state index in [1.807, 2.05) is 6.07 Å². The molecule has 1 aromatic heterocycles. The topological polar surface area (TPSA) is 58.1 Å². The van der Waals surface area contributed by atoms with Gasteiger partial charge >= 0.3 is 0 Å². The number of piperazine rings is 1. The minimum Gasteiger partial charge on any atom is -0.486 e. The van der Waals surface area contributed by atoms with Crippen molar-refractivity contribution < 1.29 is 14.3 Å². The maximum absolute atomic E-state index is 12.1. The number of hydrogen-bond donors (Lipinski definition) is 0. The van der Waals surface area contributed by atoms with Gasteiger partial charge in [-0.3, -0.25) is 9.69 Å². The van der Waals surface area contributed by atoms with E-state index in [0.717, 1.165) is 42.8 Å². The maximum Gasteiger partial charge on any atom is 0.265 e. The maximum atomic E-state index is 12.1. The van der Waals surface area contributed by atoms with E-state index in [0.29, 0.717) is 24.1 Å². The molecule has 1 amide bonds. The summed E-state index contributed by atoms with van der Waals surface area (Å²) in [4.78, 5) is 23.6. The van der Waals surface area contributed by atoms with Crippen LogP contribution in [0, 0.1) is 0 Å². The molecule has 2 aliphatic rings. The Hall–Kier alpha value is -2.32. The van der Waals surface area contributed by atoms with Crippen LogP contribution in [0.2, 0.25) is 0 Å². The molecule has 2 aromatic rings. The molecule has 1 atom stereocenters. The summed E-state index contributed by atoms with van der Waals surface area (Å²) < 4.78 is 11.3. The molecule has 0 spiro atoms. The summed E-state index contributed by atoms with van der Waals surface area (Å²) in [6.45, 7) is 7.16. The third kappa shape index (κ3) is 3.79. The van der Waals surface area contributed by atoms with Gasteiger partial charge in [-0.1, -0.05) is 17.4 Å². The van der Waals surface area contributed by atoms with Crippen molar-refractivity contribution in [2.45, 2.75) is 13.0 Å². The molecule has 1 unspecified atom stereocenters. The summed E-state index contributed by atoms with van der Waals surface area (Å²) in [5.41, 5.74) is 1.24. The van der Waals surface area contributed by atoms with Crippen LogP contribution in [0.15, 0.2) is 24.4 Å². The van der Waals surface area contributed by atoms with E-state index < -0.39 is 0 Å². The fourth-order valence-electron chi connectivity index (χ4n) is 3.56. The molecule has 0 bridgehead atoms. The molecular formula is C20H26N4O3S. The highest BCUT2D eigenvalue weighted by Crippen LogP contribution is 2.34. The second kappa shape index (κ2) is 7.97. The first kappa shape index (κ1) is 19.0. The van der Waals surface area contributed by atoms with E-state index in [1.165, 1.54) is 16.9 Å². The zero-order valence-electron chi connectivity index (χ0n) is 16.6. The van der Waals surface area contributed by atoms with E-state index >= 15 is 0 Å². The van der Waals surface area contributed by atoms with Gasteiger partial charge in [0.2, 0.25) is 0 Å². The molecule has 1 saturated heterocycles. The average molecular weight is 403 g/mol. The number of aromatic nitrogens is 1. The molecule has 1 fully saturated rings. The second-order valence-electron chi connectivity index (χ2n) is 7.31. The Bertz CT molecular complexity index is 846. The van der Waals surface area contributed by atoms with Crippen LogP contribution in [0.3, 0.4) is 0 Å². The van der Waals surface area contributed by atoms with Gasteiger partial charge < -0.3 is 19.3 Å². The molecule has 150 valence electrons. The molecule has 3 heterocycles. The number of carbonyl (C=O) groups is 1. The SMILES string of the molecule is CC(c1ccc2c(c1)OCCO2)N1CCN(c2ncc(C(=O)N(C)C)s2)CC1. The van der Waals surface area contributed by atoms with Crippen molar-refractivity contribution in [1.29, 1.82) is 0 Å². The van der Waals surface area contributed by atoms with Gasteiger partial charge in [0.15, 0.2) is 16.6 Å². The van der Waals surface area contributed by atoms with Gasteiger partial charge in [0.1, 0.15) is 18.1 Å². The number of anilines is 1. The molecule has 0 saturated carbocycles. The van der Waals surface area contributed by atoms with Gasteiger partial charge in [0, 0.05) is 46.3 Å². The van der Waals surface area contributed by atoms with Gasteiger partial charge in [-0.05, 0) is 24.6 Å². The smallest absolute Gasteiger partial charge is 0.265 e. The van der Waals surface area contributed by atoms with Crippen molar-refractivity contribution in [3.05, 3.63) is 34.8 Å². The van der Waals surface area contributed by atoms with Gasteiger partial charge in [-0.2, -0.15) is 0 Å². The third-order valence-electron chi connectivity index (χ3n) is 5.29. The van der Waals surface area contributed by atoms with Crippen LogP contribution in [-0.4, -0.2) is 74.2 Å². The first-order chi connectivity index (χ1) is 13.5. The Morgan fingerprint density at radius 2 is 1.86 bits per heavy atom. The van der Waals surface area contributed by atoms with Crippen molar-refractivity contribution in [2.24, 2.45) is 0 Å². The Kier molecular flexibility index (Phi) is 5.41. The van der Waals surface area contributed by atoms with Gasteiger partial charge in [-0.25, -0.2) is 4.98 Å². The lowest BCUT2D eigenvalue weighted by Gasteiger charge is -2.38. The molecule has 8 heteroatoms. The zero-order valence-corrected chi connectivity index (χ0v) is 17.4. The number of thiazole rings is 1. The number of carbonyl (C=O) groups excluding carboxylic acids is 1. The van der Waals surface area contributed by atoms with Crippen LogP contribution < -0.4 is 14.4 Å². The molecule has 2 aliphatic heterocycles. The standard InChI is InChI=1S/C20H26N4O3S/c1-14(15-4-5-16-17(12-15)27-11-10-26-16)23-6-8-24(9-7-23)20-21-13-18(28-20)19(25)22(2)3/h4-5,12-14H,6-11H2,1-3H3. The molecule has 0 aliphatic carbocycles. The normalized spacial score (nSPS) is 18.0. The molecule has 0 N–H and O–H groups in total. The van der Waals surface area contributed by atoms with E-state index in [-0.39, 0.29) is 5.91 Å². The quantitative estimate of drug-likeness (QED) is 0.783. The average Bonchev–Trinajstić information content (AvgIpc) is 3.22. The highest BCUT2D eigenvalue weighted by Gasteiger charge is 2.25. The predicted molar refractivity (Wildman–Crippen MR) is 110 cm³/mol. The van der Waals surface area contributed by atoms with Crippen LogP contribution in [0.4, 0.5) is 5.13 Å². The minimum absolute atomic E-state index is 0.00890. The molecule has 0 radical (unpaired) electrons. The summed E-state index contributed by atoms with van der Waals surface area (Å²) in [5, 5.41) is 0.928. The monoisotopic (exact) mass is 402 g/mol. The van der Waals surface area contributed by atoms with Crippen molar-refractivity contribution in [2.75, 3.05) is 58.4 Å². The number of nitrogens with zero attached hydrogens (tertiary/aromatic N) is 4. The number of benzene rings is 1. The zero-order chi connectivity index (χ0) is 19.7. The van der Waals surface area contributed by atoms with Crippen LogP contribution in [0.25, 0.3) is 0 Å². The number of rotatable bonds is 4. The van der Waals surface area contributed by atoms with Crippen molar-refractivity contribution in [3.8, 4) is 11.5 Å². The number of amides is 1. The Morgan fingerprint density at radius 1 is 1.14 bits per heavy atom.